The van der Waals surface area contributed by atoms with Crippen LogP contribution in [-0.2, 0) is 17.5 Å². The van der Waals surface area contributed by atoms with Crippen molar-refractivity contribution in [3.8, 4) is 11.1 Å². The summed E-state index contributed by atoms with van der Waals surface area (Å²) in [6.45, 7) is 2.77. The Morgan fingerprint density at radius 2 is 1.81 bits per heavy atom. The average molecular weight is 315 g/mol. The second-order valence-electron chi connectivity index (χ2n) is 4.49. The molecule has 0 bridgehead atoms. The molecule has 0 aliphatic carbocycles. The van der Waals surface area contributed by atoms with E-state index in [9.17, 15) is 13.2 Å². The van der Waals surface area contributed by atoms with Crippen LogP contribution in [0.4, 0.5) is 13.2 Å². The van der Waals surface area contributed by atoms with Crippen molar-refractivity contribution in [2.75, 3.05) is 6.61 Å². The Hall–Kier alpha value is -1.52. The van der Waals surface area contributed by atoms with E-state index in [1.165, 1.54) is 6.07 Å². The summed E-state index contributed by atoms with van der Waals surface area (Å²) in [5.74, 6) is 0. The molecular formula is C16H14ClF3O. The monoisotopic (exact) mass is 314 g/mol. The second kappa shape index (κ2) is 6.50. The van der Waals surface area contributed by atoms with Gasteiger partial charge in [-0.2, -0.15) is 13.2 Å². The first-order valence-corrected chi connectivity index (χ1v) is 6.84. The maximum absolute atomic E-state index is 12.9. The molecule has 1 nitrogen and oxygen atoms in total. The second-order valence-corrected chi connectivity index (χ2v) is 4.89. The van der Waals surface area contributed by atoms with E-state index in [1.54, 1.807) is 18.2 Å². The third kappa shape index (κ3) is 3.77. The lowest BCUT2D eigenvalue weighted by Crippen LogP contribution is -2.06. The summed E-state index contributed by atoms with van der Waals surface area (Å²) in [5.41, 5.74) is 1.21. The number of hydrogen-bond acceptors (Lipinski definition) is 1. The van der Waals surface area contributed by atoms with Crippen molar-refractivity contribution in [1.82, 2.24) is 0 Å². The average Bonchev–Trinajstić information content (AvgIpc) is 2.45. The van der Waals surface area contributed by atoms with Crippen LogP contribution in [0, 0.1) is 0 Å². The number of benzene rings is 2. The van der Waals surface area contributed by atoms with Gasteiger partial charge in [0.25, 0.3) is 0 Å². The van der Waals surface area contributed by atoms with Crippen molar-refractivity contribution in [3.05, 3.63) is 58.6 Å². The van der Waals surface area contributed by atoms with E-state index in [2.05, 4.69) is 0 Å². The lowest BCUT2D eigenvalue weighted by atomic mass is 9.98. The van der Waals surface area contributed by atoms with E-state index in [-0.39, 0.29) is 5.02 Å². The van der Waals surface area contributed by atoms with E-state index in [4.69, 9.17) is 16.3 Å². The maximum atomic E-state index is 12.9. The number of ether oxygens (including phenoxy) is 1. The highest BCUT2D eigenvalue weighted by Crippen LogP contribution is 2.37. The van der Waals surface area contributed by atoms with Gasteiger partial charge in [-0.05, 0) is 35.7 Å². The summed E-state index contributed by atoms with van der Waals surface area (Å²) in [4.78, 5) is 0. The van der Waals surface area contributed by atoms with Crippen molar-refractivity contribution in [2.45, 2.75) is 19.7 Å². The van der Waals surface area contributed by atoms with Gasteiger partial charge in [0.05, 0.1) is 17.2 Å². The van der Waals surface area contributed by atoms with Gasteiger partial charge in [0.2, 0.25) is 0 Å². The highest BCUT2D eigenvalue weighted by Gasteiger charge is 2.33. The fourth-order valence-electron chi connectivity index (χ4n) is 2.05. The van der Waals surface area contributed by atoms with E-state index in [1.807, 2.05) is 19.1 Å². The minimum absolute atomic E-state index is 0.298. The van der Waals surface area contributed by atoms with Crippen molar-refractivity contribution >= 4 is 11.6 Å². The van der Waals surface area contributed by atoms with Crippen LogP contribution in [-0.4, -0.2) is 6.61 Å². The van der Waals surface area contributed by atoms with Gasteiger partial charge >= 0.3 is 6.18 Å². The van der Waals surface area contributed by atoms with Crippen LogP contribution in [0.25, 0.3) is 11.1 Å². The molecule has 2 aromatic rings. The lowest BCUT2D eigenvalue weighted by Gasteiger charge is -2.13. The molecule has 0 spiro atoms. The molecule has 0 saturated heterocycles. The fourth-order valence-corrected chi connectivity index (χ4v) is 2.27. The molecule has 0 fully saturated rings. The number of rotatable bonds is 4. The van der Waals surface area contributed by atoms with Crippen molar-refractivity contribution in [3.63, 3.8) is 0 Å². The summed E-state index contributed by atoms with van der Waals surface area (Å²) < 4.78 is 44.2. The van der Waals surface area contributed by atoms with Gasteiger partial charge in [-0.1, -0.05) is 41.9 Å². The van der Waals surface area contributed by atoms with Crippen LogP contribution < -0.4 is 0 Å². The normalized spacial score (nSPS) is 11.7. The van der Waals surface area contributed by atoms with Gasteiger partial charge in [-0.25, -0.2) is 0 Å². The topological polar surface area (TPSA) is 9.23 Å². The van der Waals surface area contributed by atoms with Crippen LogP contribution in [0.5, 0.6) is 0 Å². The molecule has 0 saturated carbocycles. The number of halogens is 4. The third-order valence-corrected chi connectivity index (χ3v) is 3.39. The molecule has 2 aromatic carbocycles. The lowest BCUT2D eigenvalue weighted by molar-refractivity contribution is -0.137. The predicted octanol–water partition coefficient (Wildman–Crippen LogP) is 5.56. The molecule has 0 atom stereocenters. The van der Waals surface area contributed by atoms with Crippen LogP contribution in [0.15, 0.2) is 42.5 Å². The fraction of sp³-hybridized carbons (Fsp3) is 0.250. The molecule has 0 amide bonds. The molecule has 21 heavy (non-hydrogen) atoms. The SMILES string of the molecule is CCOCc1ccccc1-c1ccc(Cl)c(C(F)(F)F)c1. The quantitative estimate of drug-likeness (QED) is 0.717. The van der Waals surface area contributed by atoms with Gasteiger partial charge in [0.15, 0.2) is 0 Å². The summed E-state index contributed by atoms with van der Waals surface area (Å²) in [7, 11) is 0. The minimum Gasteiger partial charge on any atom is -0.377 e. The molecule has 0 aliphatic heterocycles. The summed E-state index contributed by atoms with van der Waals surface area (Å²) in [6, 6.07) is 11.2. The molecule has 0 aliphatic rings. The molecule has 0 radical (unpaired) electrons. The number of hydrogen-bond donors (Lipinski definition) is 0. The van der Waals surface area contributed by atoms with Gasteiger partial charge in [-0.3, -0.25) is 0 Å². The van der Waals surface area contributed by atoms with Crippen LogP contribution in [0.2, 0.25) is 5.02 Å². The maximum Gasteiger partial charge on any atom is 0.417 e. The smallest absolute Gasteiger partial charge is 0.377 e. The van der Waals surface area contributed by atoms with Crippen LogP contribution >= 0.6 is 11.6 Å². The summed E-state index contributed by atoms with van der Waals surface area (Å²) in [6.07, 6.45) is -4.47. The molecule has 0 heterocycles. The zero-order valence-corrected chi connectivity index (χ0v) is 12.1. The van der Waals surface area contributed by atoms with E-state index in [0.29, 0.717) is 24.3 Å². The van der Waals surface area contributed by atoms with Crippen molar-refractivity contribution in [2.24, 2.45) is 0 Å². The molecule has 5 heteroatoms. The Morgan fingerprint density at radius 1 is 1.10 bits per heavy atom. The van der Waals surface area contributed by atoms with E-state index in [0.717, 1.165) is 11.6 Å². The zero-order valence-electron chi connectivity index (χ0n) is 11.4. The largest absolute Gasteiger partial charge is 0.417 e. The van der Waals surface area contributed by atoms with Crippen molar-refractivity contribution in [1.29, 1.82) is 0 Å². The Balaban J connectivity index is 2.48. The Morgan fingerprint density at radius 3 is 2.48 bits per heavy atom. The molecule has 112 valence electrons. The van der Waals surface area contributed by atoms with E-state index < -0.39 is 11.7 Å². The molecule has 0 unspecified atom stereocenters. The van der Waals surface area contributed by atoms with Gasteiger partial charge < -0.3 is 4.74 Å². The predicted molar refractivity (Wildman–Crippen MR) is 77.2 cm³/mol. The van der Waals surface area contributed by atoms with Gasteiger partial charge in [-0.15, -0.1) is 0 Å². The molecule has 2 rings (SSSR count). The molecular weight excluding hydrogens is 301 g/mol. The first-order chi connectivity index (χ1) is 9.93. The third-order valence-electron chi connectivity index (χ3n) is 3.06. The van der Waals surface area contributed by atoms with Gasteiger partial charge in [0.1, 0.15) is 0 Å². The highest BCUT2D eigenvalue weighted by atomic mass is 35.5. The van der Waals surface area contributed by atoms with Crippen LogP contribution in [0.1, 0.15) is 18.1 Å². The summed E-state index contributed by atoms with van der Waals surface area (Å²) >= 11 is 5.65. The Labute approximate surface area is 126 Å². The van der Waals surface area contributed by atoms with Gasteiger partial charge in [0, 0.05) is 6.61 Å². The number of alkyl halides is 3. The summed E-state index contributed by atoms with van der Waals surface area (Å²) in [5, 5.41) is -0.298. The van der Waals surface area contributed by atoms with Crippen molar-refractivity contribution < 1.29 is 17.9 Å². The Kier molecular flexibility index (Phi) is 4.91. The molecule has 0 aromatic heterocycles. The molecule has 0 N–H and O–H groups in total. The standard InChI is InChI=1S/C16H14ClF3O/c1-2-21-10-12-5-3-4-6-13(12)11-7-8-15(17)14(9-11)16(18,19)20/h3-9H,2,10H2,1H3. The first kappa shape index (κ1) is 15.9. The van der Waals surface area contributed by atoms with E-state index >= 15 is 0 Å². The zero-order chi connectivity index (χ0) is 15.5. The first-order valence-electron chi connectivity index (χ1n) is 6.46. The Bertz CT molecular complexity index is 623. The van der Waals surface area contributed by atoms with Crippen LogP contribution in [0.3, 0.4) is 0 Å². The highest BCUT2D eigenvalue weighted by molar-refractivity contribution is 6.31. The minimum atomic E-state index is -4.47.